The van der Waals surface area contributed by atoms with E-state index in [0.29, 0.717) is 10.6 Å². The highest BCUT2D eigenvalue weighted by molar-refractivity contribution is 7.92. The van der Waals surface area contributed by atoms with E-state index in [1.165, 1.54) is 22.7 Å². The summed E-state index contributed by atoms with van der Waals surface area (Å²) in [6.07, 6.45) is 0. The number of hydrogen-bond acceptors (Lipinski definition) is 4. The van der Waals surface area contributed by atoms with Gasteiger partial charge in [-0.1, -0.05) is 18.2 Å². The van der Waals surface area contributed by atoms with Crippen LogP contribution < -0.4 is 9.62 Å². The summed E-state index contributed by atoms with van der Waals surface area (Å²) in [5.74, 6) is -0.140. The van der Waals surface area contributed by atoms with Crippen LogP contribution in [0.2, 0.25) is 0 Å². The fourth-order valence-corrected chi connectivity index (χ4v) is 4.17. The van der Waals surface area contributed by atoms with E-state index in [9.17, 15) is 13.2 Å². The van der Waals surface area contributed by atoms with E-state index < -0.39 is 10.0 Å². The second-order valence-electron chi connectivity index (χ2n) is 5.52. The van der Waals surface area contributed by atoms with Gasteiger partial charge in [0.05, 0.1) is 16.3 Å². The van der Waals surface area contributed by atoms with Gasteiger partial charge in [-0.25, -0.2) is 8.42 Å². The lowest BCUT2D eigenvalue weighted by Gasteiger charge is -2.18. The molecular formula is C18H18N2O3S2. The number of sulfonamides is 1. The molecule has 0 unspecified atom stereocenters. The standard InChI is InChI=1S/C18H18N2O3S2/c1-3-25(22,23)20(2)15-9-10-16-13(11-15)12-17(24-16)18(21)19-14-7-5-4-6-8-14/h4-12H,3H2,1-2H3,(H,19,21). The summed E-state index contributed by atoms with van der Waals surface area (Å²) >= 11 is 1.38. The van der Waals surface area contributed by atoms with Crippen molar-refractivity contribution in [1.29, 1.82) is 0 Å². The first-order valence-electron chi connectivity index (χ1n) is 7.77. The van der Waals surface area contributed by atoms with Crippen molar-refractivity contribution in [3.8, 4) is 0 Å². The van der Waals surface area contributed by atoms with Gasteiger partial charge in [-0.3, -0.25) is 9.10 Å². The molecule has 1 amide bonds. The second-order valence-corrected chi connectivity index (χ2v) is 8.89. The number of fused-ring (bicyclic) bond motifs is 1. The SMILES string of the molecule is CCS(=O)(=O)N(C)c1ccc2sc(C(=O)Nc3ccccc3)cc2c1. The molecular weight excluding hydrogens is 356 g/mol. The molecule has 0 saturated heterocycles. The van der Waals surface area contributed by atoms with E-state index in [4.69, 9.17) is 0 Å². The van der Waals surface area contributed by atoms with Gasteiger partial charge in [0.25, 0.3) is 5.91 Å². The van der Waals surface area contributed by atoms with Crippen molar-refractivity contribution >= 4 is 48.7 Å². The third kappa shape index (κ3) is 3.67. The third-order valence-electron chi connectivity index (χ3n) is 3.90. The minimum atomic E-state index is -3.31. The minimum Gasteiger partial charge on any atom is -0.321 e. The lowest BCUT2D eigenvalue weighted by molar-refractivity contribution is 0.103. The Labute approximate surface area is 151 Å². The monoisotopic (exact) mass is 374 g/mol. The van der Waals surface area contributed by atoms with Crippen LogP contribution >= 0.6 is 11.3 Å². The molecule has 0 aliphatic heterocycles. The van der Waals surface area contributed by atoms with Crippen LogP contribution in [0.4, 0.5) is 11.4 Å². The summed E-state index contributed by atoms with van der Waals surface area (Å²) in [6, 6.07) is 16.4. The van der Waals surface area contributed by atoms with Gasteiger partial charge in [0.15, 0.2) is 0 Å². The zero-order chi connectivity index (χ0) is 18.0. The summed E-state index contributed by atoms with van der Waals surface area (Å²) in [7, 11) is -1.78. The Balaban J connectivity index is 1.89. The van der Waals surface area contributed by atoms with Gasteiger partial charge in [0.2, 0.25) is 10.0 Å². The Bertz CT molecular complexity index is 1010. The van der Waals surface area contributed by atoms with Crippen molar-refractivity contribution in [2.75, 3.05) is 22.4 Å². The quantitative estimate of drug-likeness (QED) is 0.736. The van der Waals surface area contributed by atoms with Gasteiger partial charge >= 0.3 is 0 Å². The molecule has 1 N–H and O–H groups in total. The van der Waals surface area contributed by atoms with E-state index in [-0.39, 0.29) is 11.7 Å². The fraction of sp³-hybridized carbons (Fsp3) is 0.167. The molecule has 7 heteroatoms. The first-order chi connectivity index (χ1) is 11.9. The topological polar surface area (TPSA) is 66.5 Å². The minimum absolute atomic E-state index is 0.0376. The maximum atomic E-state index is 12.4. The van der Waals surface area contributed by atoms with E-state index in [0.717, 1.165) is 15.8 Å². The average Bonchev–Trinajstić information content (AvgIpc) is 3.05. The molecule has 25 heavy (non-hydrogen) atoms. The molecule has 3 aromatic rings. The van der Waals surface area contributed by atoms with Crippen molar-refractivity contribution in [2.24, 2.45) is 0 Å². The van der Waals surface area contributed by atoms with Crippen molar-refractivity contribution in [3.05, 3.63) is 59.5 Å². The van der Waals surface area contributed by atoms with Gasteiger partial charge < -0.3 is 5.32 Å². The third-order valence-corrected chi connectivity index (χ3v) is 6.79. The largest absolute Gasteiger partial charge is 0.321 e. The van der Waals surface area contributed by atoms with E-state index >= 15 is 0 Å². The molecule has 2 aromatic carbocycles. The number of nitrogens with one attached hydrogen (secondary N) is 1. The summed E-state index contributed by atoms with van der Waals surface area (Å²) in [5.41, 5.74) is 1.32. The number of anilines is 2. The Kier molecular flexibility index (Phi) is 4.78. The van der Waals surface area contributed by atoms with E-state index in [2.05, 4.69) is 5.32 Å². The van der Waals surface area contributed by atoms with E-state index in [1.807, 2.05) is 36.4 Å². The molecule has 1 aromatic heterocycles. The number of para-hydroxylation sites is 1. The number of rotatable bonds is 5. The van der Waals surface area contributed by atoms with Crippen LogP contribution in [0.5, 0.6) is 0 Å². The molecule has 0 radical (unpaired) electrons. The first kappa shape index (κ1) is 17.4. The molecule has 5 nitrogen and oxygen atoms in total. The molecule has 0 spiro atoms. The number of carbonyl (C=O) groups is 1. The number of thiophene rings is 1. The summed E-state index contributed by atoms with van der Waals surface area (Å²) in [6.45, 7) is 1.61. The van der Waals surface area contributed by atoms with Crippen molar-refractivity contribution in [3.63, 3.8) is 0 Å². The van der Waals surface area contributed by atoms with Crippen molar-refractivity contribution < 1.29 is 13.2 Å². The number of carbonyl (C=O) groups excluding carboxylic acids is 1. The average molecular weight is 374 g/mol. The molecule has 130 valence electrons. The van der Waals surface area contributed by atoms with Crippen LogP contribution in [-0.2, 0) is 10.0 Å². The second kappa shape index (κ2) is 6.85. The summed E-state index contributed by atoms with van der Waals surface area (Å²) < 4.78 is 26.2. The number of benzene rings is 2. The number of nitrogens with zero attached hydrogens (tertiary/aromatic N) is 1. The molecule has 0 fully saturated rings. The first-order valence-corrected chi connectivity index (χ1v) is 10.2. The number of amides is 1. The molecule has 0 aliphatic rings. The Morgan fingerprint density at radius 1 is 1.12 bits per heavy atom. The van der Waals surface area contributed by atoms with E-state index in [1.54, 1.807) is 25.1 Å². The maximum Gasteiger partial charge on any atom is 0.265 e. The van der Waals surface area contributed by atoms with Gasteiger partial charge in [-0.15, -0.1) is 11.3 Å². The van der Waals surface area contributed by atoms with Crippen LogP contribution in [0.15, 0.2) is 54.6 Å². The molecule has 0 bridgehead atoms. The van der Waals surface area contributed by atoms with Crippen LogP contribution in [0.1, 0.15) is 16.6 Å². The van der Waals surface area contributed by atoms with Gasteiger partial charge in [0, 0.05) is 17.4 Å². The highest BCUT2D eigenvalue weighted by Crippen LogP contribution is 2.30. The number of hydrogen-bond donors (Lipinski definition) is 1. The van der Waals surface area contributed by atoms with Crippen LogP contribution in [0.3, 0.4) is 0 Å². The normalized spacial score (nSPS) is 11.4. The zero-order valence-electron chi connectivity index (χ0n) is 13.9. The molecule has 0 saturated carbocycles. The highest BCUT2D eigenvalue weighted by Gasteiger charge is 2.17. The lowest BCUT2D eigenvalue weighted by atomic mass is 10.2. The predicted molar refractivity (Wildman–Crippen MR) is 104 cm³/mol. The Morgan fingerprint density at radius 2 is 1.84 bits per heavy atom. The van der Waals surface area contributed by atoms with Gasteiger partial charge in [-0.05, 0) is 48.7 Å². The van der Waals surface area contributed by atoms with Crippen molar-refractivity contribution in [2.45, 2.75) is 6.92 Å². The molecule has 3 rings (SSSR count). The smallest absolute Gasteiger partial charge is 0.265 e. The highest BCUT2D eigenvalue weighted by atomic mass is 32.2. The lowest BCUT2D eigenvalue weighted by Crippen LogP contribution is -2.27. The summed E-state index contributed by atoms with van der Waals surface area (Å²) in [4.78, 5) is 13.0. The van der Waals surface area contributed by atoms with Gasteiger partial charge in [0.1, 0.15) is 0 Å². The van der Waals surface area contributed by atoms with Crippen molar-refractivity contribution in [1.82, 2.24) is 0 Å². The molecule has 1 heterocycles. The van der Waals surface area contributed by atoms with Crippen LogP contribution in [-0.4, -0.2) is 27.1 Å². The van der Waals surface area contributed by atoms with Gasteiger partial charge in [-0.2, -0.15) is 0 Å². The fourth-order valence-electron chi connectivity index (χ4n) is 2.41. The molecule has 0 atom stereocenters. The summed E-state index contributed by atoms with van der Waals surface area (Å²) in [5, 5.41) is 3.70. The Hall–Kier alpha value is -2.38. The van der Waals surface area contributed by atoms with Crippen LogP contribution in [0.25, 0.3) is 10.1 Å². The van der Waals surface area contributed by atoms with Crippen LogP contribution in [0, 0.1) is 0 Å². The molecule has 0 aliphatic carbocycles. The predicted octanol–water partition coefficient (Wildman–Crippen LogP) is 3.94. The Morgan fingerprint density at radius 3 is 2.52 bits per heavy atom. The zero-order valence-corrected chi connectivity index (χ0v) is 15.5. The maximum absolute atomic E-state index is 12.4.